The van der Waals surface area contributed by atoms with Gasteiger partial charge in [-0.05, 0) is 36.2 Å². The summed E-state index contributed by atoms with van der Waals surface area (Å²) in [6.45, 7) is 0.611. The Morgan fingerprint density at radius 1 is 1.21 bits per heavy atom. The highest BCUT2D eigenvalue weighted by molar-refractivity contribution is 7.98. The fourth-order valence-corrected chi connectivity index (χ4v) is 3.63. The minimum Gasteiger partial charge on any atom is -0.497 e. The number of methoxy groups -OCH3 is 2. The first kappa shape index (κ1) is 20.0. The van der Waals surface area contributed by atoms with E-state index in [0.717, 1.165) is 23.0 Å². The third-order valence-electron chi connectivity index (χ3n) is 4.24. The molecule has 0 unspecified atom stereocenters. The lowest BCUT2D eigenvalue weighted by Gasteiger charge is -2.11. The average molecular weight is 402 g/mol. The molecule has 0 radical (unpaired) electrons. The molecule has 0 bridgehead atoms. The van der Waals surface area contributed by atoms with Gasteiger partial charge in [-0.15, -0.1) is 0 Å². The molecule has 0 amide bonds. The first-order chi connectivity index (χ1) is 13.6. The van der Waals surface area contributed by atoms with Crippen LogP contribution >= 0.6 is 11.8 Å². The molecule has 3 aromatic rings. The average Bonchev–Trinajstić information content (AvgIpc) is 3.37. The van der Waals surface area contributed by atoms with Crippen LogP contribution in [0.25, 0.3) is 0 Å². The normalized spacial score (nSPS) is 10.8. The number of nitrogens with zero attached hydrogens (tertiary/aromatic N) is 2. The van der Waals surface area contributed by atoms with Crippen LogP contribution in [0.2, 0.25) is 0 Å². The second-order valence-corrected chi connectivity index (χ2v) is 6.93. The number of aromatic nitrogens is 2. The van der Waals surface area contributed by atoms with Crippen molar-refractivity contribution in [3.8, 4) is 5.75 Å². The zero-order chi connectivity index (χ0) is 19.9. The standard InChI is InChI=1S/C20H22N2O5S/c1-25-16-5-3-14(4-6-16)9-10-22-15(12-23)11-21-20(22)28-13-17-7-8-18(27-17)19(24)26-2/h3-8,11,23H,9-10,12-13H2,1-2H3. The number of thioether (sulfide) groups is 1. The van der Waals surface area contributed by atoms with Crippen molar-refractivity contribution in [3.63, 3.8) is 0 Å². The van der Waals surface area contributed by atoms with Crippen molar-refractivity contribution in [3.05, 3.63) is 65.4 Å². The fraction of sp³-hybridized carbons (Fsp3) is 0.300. The van der Waals surface area contributed by atoms with Crippen LogP contribution in [0.4, 0.5) is 0 Å². The summed E-state index contributed by atoms with van der Waals surface area (Å²) in [7, 11) is 2.96. The number of furan rings is 1. The van der Waals surface area contributed by atoms with Crippen molar-refractivity contribution in [1.82, 2.24) is 9.55 Å². The number of ether oxygens (including phenoxy) is 2. The van der Waals surface area contributed by atoms with E-state index in [1.54, 1.807) is 25.4 Å². The predicted molar refractivity (Wildman–Crippen MR) is 104 cm³/mol. The summed E-state index contributed by atoms with van der Waals surface area (Å²) >= 11 is 1.49. The number of aryl methyl sites for hydroxylation is 1. The fourth-order valence-electron chi connectivity index (χ4n) is 2.71. The minimum atomic E-state index is -0.500. The molecule has 1 aromatic carbocycles. The highest BCUT2D eigenvalue weighted by Gasteiger charge is 2.14. The predicted octanol–water partition coefficient (Wildman–Crippen LogP) is 3.30. The molecule has 0 fully saturated rings. The van der Waals surface area contributed by atoms with E-state index in [9.17, 15) is 9.90 Å². The molecule has 0 aliphatic heterocycles. The summed E-state index contributed by atoms with van der Waals surface area (Å²) in [5.74, 6) is 1.67. The van der Waals surface area contributed by atoms with Gasteiger partial charge < -0.3 is 23.6 Å². The van der Waals surface area contributed by atoms with Gasteiger partial charge in [0.15, 0.2) is 5.16 Å². The number of esters is 1. The number of aliphatic hydroxyl groups is 1. The van der Waals surface area contributed by atoms with E-state index in [-0.39, 0.29) is 12.4 Å². The highest BCUT2D eigenvalue weighted by atomic mass is 32.2. The van der Waals surface area contributed by atoms with Gasteiger partial charge in [0.1, 0.15) is 11.5 Å². The monoisotopic (exact) mass is 402 g/mol. The molecule has 0 atom stereocenters. The minimum absolute atomic E-state index is 0.0799. The van der Waals surface area contributed by atoms with Crippen molar-refractivity contribution >= 4 is 17.7 Å². The largest absolute Gasteiger partial charge is 0.497 e. The second-order valence-electron chi connectivity index (χ2n) is 5.99. The molecule has 2 heterocycles. The van der Waals surface area contributed by atoms with E-state index in [4.69, 9.17) is 9.15 Å². The van der Waals surface area contributed by atoms with Gasteiger partial charge in [-0.2, -0.15) is 0 Å². The Balaban J connectivity index is 1.65. The number of benzene rings is 1. The zero-order valence-corrected chi connectivity index (χ0v) is 16.6. The van der Waals surface area contributed by atoms with Gasteiger partial charge in [0.2, 0.25) is 5.76 Å². The number of rotatable bonds is 9. The number of carbonyl (C=O) groups is 1. The topological polar surface area (TPSA) is 86.7 Å². The maximum Gasteiger partial charge on any atom is 0.373 e. The smallest absolute Gasteiger partial charge is 0.373 e. The van der Waals surface area contributed by atoms with E-state index in [0.29, 0.717) is 18.1 Å². The van der Waals surface area contributed by atoms with Crippen LogP contribution in [0, 0.1) is 0 Å². The summed E-state index contributed by atoms with van der Waals surface area (Å²) in [6.07, 6.45) is 2.48. The Labute approximate surface area is 167 Å². The lowest BCUT2D eigenvalue weighted by atomic mass is 10.1. The number of hydrogen-bond donors (Lipinski definition) is 1. The maximum atomic E-state index is 11.5. The van der Waals surface area contributed by atoms with Crippen LogP contribution in [-0.4, -0.2) is 34.8 Å². The number of hydrogen-bond acceptors (Lipinski definition) is 7. The van der Waals surface area contributed by atoms with Gasteiger partial charge in [0, 0.05) is 6.54 Å². The molecule has 0 saturated carbocycles. The van der Waals surface area contributed by atoms with Crippen LogP contribution in [0.15, 0.2) is 52.2 Å². The van der Waals surface area contributed by atoms with Crippen LogP contribution in [0.1, 0.15) is 27.6 Å². The molecule has 3 rings (SSSR count). The molecule has 0 aliphatic rings. The lowest BCUT2D eigenvalue weighted by Crippen LogP contribution is -2.07. The molecule has 148 valence electrons. The Morgan fingerprint density at radius 2 is 2.00 bits per heavy atom. The van der Waals surface area contributed by atoms with Crippen molar-refractivity contribution < 1.29 is 23.8 Å². The SMILES string of the molecule is COC(=O)c1ccc(CSc2ncc(CO)n2CCc2ccc(OC)cc2)o1. The van der Waals surface area contributed by atoms with E-state index in [1.807, 2.05) is 28.8 Å². The molecule has 2 aromatic heterocycles. The highest BCUT2D eigenvalue weighted by Crippen LogP contribution is 2.25. The summed E-state index contributed by atoms with van der Waals surface area (Å²) in [5, 5.41) is 10.4. The maximum absolute atomic E-state index is 11.5. The first-order valence-corrected chi connectivity index (χ1v) is 9.71. The summed E-state index contributed by atoms with van der Waals surface area (Å²) in [4.78, 5) is 15.9. The molecule has 1 N–H and O–H groups in total. The first-order valence-electron chi connectivity index (χ1n) is 8.72. The van der Waals surface area contributed by atoms with Gasteiger partial charge in [-0.3, -0.25) is 0 Å². The van der Waals surface area contributed by atoms with Gasteiger partial charge >= 0.3 is 5.97 Å². The Hall–Kier alpha value is -2.71. The zero-order valence-electron chi connectivity index (χ0n) is 15.8. The lowest BCUT2D eigenvalue weighted by molar-refractivity contribution is 0.0563. The van der Waals surface area contributed by atoms with Gasteiger partial charge in [-0.25, -0.2) is 9.78 Å². The van der Waals surface area contributed by atoms with Gasteiger partial charge in [0.25, 0.3) is 0 Å². The van der Waals surface area contributed by atoms with Crippen LogP contribution in [-0.2, 0) is 30.1 Å². The number of imidazole rings is 1. The second kappa shape index (κ2) is 9.48. The molecule has 8 heteroatoms. The van der Waals surface area contributed by atoms with Crippen molar-refractivity contribution in [2.45, 2.75) is 30.5 Å². The third-order valence-corrected chi connectivity index (χ3v) is 5.25. The number of carbonyl (C=O) groups excluding carboxylic acids is 1. The molecule has 7 nitrogen and oxygen atoms in total. The van der Waals surface area contributed by atoms with Crippen LogP contribution in [0.5, 0.6) is 5.75 Å². The van der Waals surface area contributed by atoms with E-state index in [1.165, 1.54) is 24.4 Å². The van der Waals surface area contributed by atoms with E-state index >= 15 is 0 Å². The van der Waals surface area contributed by atoms with Gasteiger partial charge in [-0.1, -0.05) is 23.9 Å². The van der Waals surface area contributed by atoms with Crippen molar-refractivity contribution in [1.29, 1.82) is 0 Å². The Morgan fingerprint density at radius 3 is 2.68 bits per heavy atom. The van der Waals surface area contributed by atoms with Crippen LogP contribution in [0.3, 0.4) is 0 Å². The number of aliphatic hydroxyl groups excluding tert-OH is 1. The summed E-state index contributed by atoms with van der Waals surface area (Å²) < 4.78 is 17.3. The molecule has 0 saturated heterocycles. The molecule has 28 heavy (non-hydrogen) atoms. The van der Waals surface area contributed by atoms with E-state index < -0.39 is 5.97 Å². The molecular formula is C20H22N2O5S. The molecular weight excluding hydrogens is 380 g/mol. The molecule has 0 aliphatic carbocycles. The third kappa shape index (κ3) is 4.76. The molecule has 0 spiro atoms. The summed E-state index contributed by atoms with van der Waals surface area (Å²) in [6, 6.07) is 11.3. The summed E-state index contributed by atoms with van der Waals surface area (Å²) in [5.41, 5.74) is 1.92. The quantitative estimate of drug-likeness (QED) is 0.434. The Bertz CT molecular complexity index is 917. The van der Waals surface area contributed by atoms with Crippen molar-refractivity contribution in [2.24, 2.45) is 0 Å². The van der Waals surface area contributed by atoms with Crippen molar-refractivity contribution in [2.75, 3.05) is 14.2 Å². The Kier molecular flexibility index (Phi) is 6.78. The van der Waals surface area contributed by atoms with Gasteiger partial charge in [0.05, 0.1) is 38.5 Å². The van der Waals surface area contributed by atoms with Crippen LogP contribution < -0.4 is 4.74 Å². The van der Waals surface area contributed by atoms with E-state index in [2.05, 4.69) is 9.72 Å².